The number of H-pyrrole nitrogens is 1. The van der Waals surface area contributed by atoms with Gasteiger partial charge in [-0.1, -0.05) is 12.1 Å². The molecule has 0 unspecified atom stereocenters. The predicted molar refractivity (Wildman–Crippen MR) is 109 cm³/mol. The summed E-state index contributed by atoms with van der Waals surface area (Å²) in [5, 5.41) is 0. The number of aromatic amines is 1. The van der Waals surface area contributed by atoms with Gasteiger partial charge in [0.1, 0.15) is 17.1 Å². The van der Waals surface area contributed by atoms with Gasteiger partial charge in [-0.3, -0.25) is 9.59 Å². The molecule has 0 aliphatic carbocycles. The number of benzene rings is 1. The van der Waals surface area contributed by atoms with Crippen LogP contribution in [0.3, 0.4) is 0 Å². The molecule has 3 aromatic rings. The van der Waals surface area contributed by atoms with Gasteiger partial charge in [-0.2, -0.15) is 0 Å². The standard InChI is InChI=1S/C22H24N4O4/c27-20(6-5-17-21(28)24-16-4-2-1-3-15(16)23-17)26-10-7-19-18(13-26)25-22(30-19)14-8-11-29-12-9-14/h1-4,14H,5-13H2,(H,24,28). The molecule has 156 valence electrons. The van der Waals surface area contributed by atoms with Crippen LogP contribution in [0.15, 0.2) is 33.5 Å². The van der Waals surface area contributed by atoms with E-state index in [1.165, 1.54) is 0 Å². The van der Waals surface area contributed by atoms with E-state index in [-0.39, 0.29) is 17.9 Å². The quantitative estimate of drug-likeness (QED) is 0.711. The number of hydrogen-bond donors (Lipinski definition) is 1. The van der Waals surface area contributed by atoms with Crippen LogP contribution in [0.2, 0.25) is 0 Å². The summed E-state index contributed by atoms with van der Waals surface area (Å²) in [6.45, 7) is 2.55. The van der Waals surface area contributed by atoms with Crippen molar-refractivity contribution in [1.29, 1.82) is 0 Å². The summed E-state index contributed by atoms with van der Waals surface area (Å²) in [5.74, 6) is 1.99. The lowest BCUT2D eigenvalue weighted by Gasteiger charge is -2.25. The predicted octanol–water partition coefficient (Wildman–Crippen LogP) is 2.32. The highest BCUT2D eigenvalue weighted by Crippen LogP contribution is 2.30. The van der Waals surface area contributed by atoms with E-state index in [2.05, 4.69) is 9.97 Å². The van der Waals surface area contributed by atoms with Crippen molar-refractivity contribution in [3.63, 3.8) is 0 Å². The number of ether oxygens (including phenoxy) is 1. The van der Waals surface area contributed by atoms with E-state index in [9.17, 15) is 9.59 Å². The Morgan fingerprint density at radius 1 is 1.20 bits per heavy atom. The van der Waals surface area contributed by atoms with Gasteiger partial charge < -0.3 is 19.0 Å². The van der Waals surface area contributed by atoms with Crippen molar-refractivity contribution in [2.24, 2.45) is 0 Å². The third-order valence-corrected chi connectivity index (χ3v) is 5.91. The van der Waals surface area contributed by atoms with Crippen molar-refractivity contribution >= 4 is 16.9 Å². The molecule has 8 heteroatoms. The summed E-state index contributed by atoms with van der Waals surface area (Å²) in [4.78, 5) is 38.8. The number of nitrogens with zero attached hydrogens (tertiary/aromatic N) is 3. The highest BCUT2D eigenvalue weighted by molar-refractivity contribution is 5.77. The normalized spacial score (nSPS) is 17.3. The first-order valence-electron chi connectivity index (χ1n) is 10.5. The topological polar surface area (TPSA) is 101 Å². The zero-order valence-electron chi connectivity index (χ0n) is 16.7. The van der Waals surface area contributed by atoms with E-state index >= 15 is 0 Å². The number of aromatic nitrogens is 3. The number of oxazole rings is 1. The maximum absolute atomic E-state index is 12.8. The molecule has 8 nitrogen and oxygen atoms in total. The van der Waals surface area contributed by atoms with Crippen LogP contribution in [0, 0.1) is 0 Å². The minimum atomic E-state index is -0.236. The molecule has 0 bridgehead atoms. The van der Waals surface area contributed by atoms with Gasteiger partial charge in [-0.25, -0.2) is 9.97 Å². The SMILES string of the molecule is O=C(CCc1nc2ccccc2[nH]c1=O)N1CCc2oc(C3CCOCC3)nc2C1. The van der Waals surface area contributed by atoms with Crippen molar-refractivity contribution in [2.75, 3.05) is 19.8 Å². The zero-order chi connectivity index (χ0) is 20.5. The summed E-state index contributed by atoms with van der Waals surface area (Å²) in [6, 6.07) is 7.39. The Labute approximate surface area is 173 Å². The molecule has 2 aromatic heterocycles. The van der Waals surface area contributed by atoms with Crippen molar-refractivity contribution in [1.82, 2.24) is 19.9 Å². The smallest absolute Gasteiger partial charge is 0.270 e. The average molecular weight is 408 g/mol. The molecule has 30 heavy (non-hydrogen) atoms. The molecule has 2 aliphatic rings. The molecular weight excluding hydrogens is 384 g/mol. The minimum Gasteiger partial charge on any atom is -0.445 e. The van der Waals surface area contributed by atoms with Crippen LogP contribution in [0.5, 0.6) is 0 Å². The van der Waals surface area contributed by atoms with Crippen LogP contribution in [0.4, 0.5) is 0 Å². The molecule has 0 atom stereocenters. The number of hydrogen-bond acceptors (Lipinski definition) is 6. The second-order valence-electron chi connectivity index (χ2n) is 7.90. The number of aryl methyl sites for hydroxylation is 1. The molecule has 1 aromatic carbocycles. The van der Waals surface area contributed by atoms with E-state index < -0.39 is 0 Å². The summed E-state index contributed by atoms with van der Waals surface area (Å²) in [6.07, 6.45) is 3.08. The fourth-order valence-corrected chi connectivity index (χ4v) is 4.17. The summed E-state index contributed by atoms with van der Waals surface area (Å²) >= 11 is 0. The van der Waals surface area contributed by atoms with Crippen LogP contribution < -0.4 is 5.56 Å². The molecule has 1 amide bonds. The summed E-state index contributed by atoms with van der Waals surface area (Å²) in [7, 11) is 0. The molecule has 5 rings (SSSR count). The highest BCUT2D eigenvalue weighted by atomic mass is 16.5. The van der Waals surface area contributed by atoms with Gasteiger partial charge in [0.25, 0.3) is 5.56 Å². The first-order valence-corrected chi connectivity index (χ1v) is 10.5. The number of para-hydroxylation sites is 2. The van der Waals surface area contributed by atoms with Crippen LogP contribution in [0.25, 0.3) is 11.0 Å². The first-order chi connectivity index (χ1) is 14.7. The van der Waals surface area contributed by atoms with E-state index in [4.69, 9.17) is 14.1 Å². The van der Waals surface area contributed by atoms with E-state index in [0.717, 1.165) is 48.9 Å². The fraction of sp³-hybridized carbons (Fsp3) is 0.455. The minimum absolute atomic E-state index is 0.00521. The van der Waals surface area contributed by atoms with Crippen LogP contribution in [0.1, 0.15) is 48.2 Å². The lowest BCUT2D eigenvalue weighted by Crippen LogP contribution is -2.36. The van der Waals surface area contributed by atoms with Crippen molar-refractivity contribution < 1.29 is 13.9 Å². The van der Waals surface area contributed by atoms with Crippen molar-refractivity contribution in [2.45, 2.75) is 44.6 Å². The number of carbonyl (C=O) groups excluding carboxylic acids is 1. The first kappa shape index (κ1) is 19.0. The second kappa shape index (κ2) is 8.02. The average Bonchev–Trinajstić information content (AvgIpc) is 3.21. The van der Waals surface area contributed by atoms with Gasteiger partial charge in [0.2, 0.25) is 5.91 Å². The highest BCUT2D eigenvalue weighted by Gasteiger charge is 2.28. The van der Waals surface area contributed by atoms with Crippen molar-refractivity contribution in [3.8, 4) is 0 Å². The van der Waals surface area contributed by atoms with Crippen LogP contribution >= 0.6 is 0 Å². The fourth-order valence-electron chi connectivity index (χ4n) is 4.17. The van der Waals surface area contributed by atoms with Crippen LogP contribution in [-0.2, 0) is 28.9 Å². The van der Waals surface area contributed by atoms with E-state index in [1.54, 1.807) is 4.90 Å². The number of carbonyl (C=O) groups is 1. The molecule has 1 fully saturated rings. The van der Waals surface area contributed by atoms with Crippen LogP contribution in [-0.4, -0.2) is 45.5 Å². The number of rotatable bonds is 4. The third kappa shape index (κ3) is 3.75. The van der Waals surface area contributed by atoms with Crippen molar-refractivity contribution in [3.05, 3.63) is 57.7 Å². The molecule has 0 saturated carbocycles. The molecule has 1 N–H and O–H groups in total. The Bertz CT molecular complexity index is 1130. The molecule has 0 spiro atoms. The largest absolute Gasteiger partial charge is 0.445 e. The second-order valence-corrected chi connectivity index (χ2v) is 7.90. The molecule has 2 aliphatic heterocycles. The molecule has 0 radical (unpaired) electrons. The molecular formula is C22H24N4O4. The van der Waals surface area contributed by atoms with Gasteiger partial charge in [0.05, 0.1) is 17.6 Å². The third-order valence-electron chi connectivity index (χ3n) is 5.91. The van der Waals surface area contributed by atoms with Gasteiger partial charge in [-0.05, 0) is 25.0 Å². The van der Waals surface area contributed by atoms with Gasteiger partial charge in [-0.15, -0.1) is 0 Å². The zero-order valence-corrected chi connectivity index (χ0v) is 16.7. The summed E-state index contributed by atoms with van der Waals surface area (Å²) in [5.41, 5.74) is 2.44. The number of nitrogens with one attached hydrogen (secondary N) is 1. The number of amides is 1. The lowest BCUT2D eigenvalue weighted by molar-refractivity contribution is -0.132. The van der Waals surface area contributed by atoms with Gasteiger partial charge >= 0.3 is 0 Å². The maximum atomic E-state index is 12.8. The lowest BCUT2D eigenvalue weighted by atomic mass is 10.0. The maximum Gasteiger partial charge on any atom is 0.270 e. The van der Waals surface area contributed by atoms with Gasteiger partial charge in [0.15, 0.2) is 5.89 Å². The Hall–Kier alpha value is -3.00. The Morgan fingerprint density at radius 2 is 2.03 bits per heavy atom. The Morgan fingerprint density at radius 3 is 2.90 bits per heavy atom. The Kier molecular flexibility index (Phi) is 5.08. The molecule has 1 saturated heterocycles. The monoisotopic (exact) mass is 408 g/mol. The Balaban J connectivity index is 1.24. The number of fused-ring (bicyclic) bond motifs is 2. The summed E-state index contributed by atoms with van der Waals surface area (Å²) < 4.78 is 11.4. The molecule has 4 heterocycles. The van der Waals surface area contributed by atoms with E-state index in [1.807, 2.05) is 24.3 Å². The van der Waals surface area contributed by atoms with Gasteiger partial charge in [0, 0.05) is 44.9 Å². The van der Waals surface area contributed by atoms with E-state index in [0.29, 0.717) is 43.1 Å².